The van der Waals surface area contributed by atoms with Gasteiger partial charge < -0.3 is 10.3 Å². The van der Waals surface area contributed by atoms with Crippen molar-refractivity contribution in [1.82, 2.24) is 9.55 Å². The topological polar surface area (TPSA) is 43.8 Å². The van der Waals surface area contributed by atoms with Crippen molar-refractivity contribution >= 4 is 11.3 Å². The van der Waals surface area contributed by atoms with Crippen molar-refractivity contribution in [2.24, 2.45) is 5.73 Å². The highest BCUT2D eigenvalue weighted by atomic mass is 32.1. The second-order valence-electron chi connectivity index (χ2n) is 4.45. The zero-order chi connectivity index (χ0) is 12.3. The molecule has 2 heterocycles. The minimum atomic E-state index is -0.132. The molecular weight excluding hydrogens is 230 g/mol. The molecule has 0 aliphatic carbocycles. The number of nitrogens with two attached hydrogens (primary N) is 1. The number of thiophene rings is 1. The monoisotopic (exact) mass is 249 g/mol. The van der Waals surface area contributed by atoms with Gasteiger partial charge in [0.05, 0.1) is 23.1 Å². The van der Waals surface area contributed by atoms with Crippen LogP contribution < -0.4 is 5.73 Å². The van der Waals surface area contributed by atoms with Gasteiger partial charge in [-0.05, 0) is 24.3 Å². The maximum Gasteiger partial charge on any atom is 0.0951 e. The lowest BCUT2D eigenvalue weighted by Gasteiger charge is -2.27. The molecule has 0 atom stereocenters. The van der Waals surface area contributed by atoms with Crippen molar-refractivity contribution in [3.63, 3.8) is 0 Å². The van der Waals surface area contributed by atoms with Crippen molar-refractivity contribution in [3.05, 3.63) is 30.0 Å². The minimum absolute atomic E-state index is 0.132. The van der Waals surface area contributed by atoms with Crippen LogP contribution >= 0.6 is 11.3 Å². The highest BCUT2D eigenvalue weighted by molar-refractivity contribution is 7.13. The number of aromatic nitrogens is 2. The van der Waals surface area contributed by atoms with Gasteiger partial charge in [-0.25, -0.2) is 4.98 Å². The van der Waals surface area contributed by atoms with Gasteiger partial charge in [0, 0.05) is 12.1 Å². The number of hydrogen-bond acceptors (Lipinski definition) is 3. The third-order valence-corrected chi connectivity index (χ3v) is 4.27. The Labute approximate surface area is 106 Å². The van der Waals surface area contributed by atoms with Crippen LogP contribution in [-0.4, -0.2) is 15.1 Å². The molecule has 0 saturated heterocycles. The highest BCUT2D eigenvalue weighted by Crippen LogP contribution is 2.26. The molecule has 92 valence electrons. The van der Waals surface area contributed by atoms with Crippen molar-refractivity contribution in [1.29, 1.82) is 0 Å². The Balaban J connectivity index is 2.26. The van der Waals surface area contributed by atoms with Crippen molar-refractivity contribution < 1.29 is 0 Å². The van der Waals surface area contributed by atoms with Crippen molar-refractivity contribution in [3.8, 4) is 10.6 Å². The van der Waals surface area contributed by atoms with Crippen molar-refractivity contribution in [2.45, 2.75) is 38.8 Å². The first kappa shape index (κ1) is 12.3. The molecule has 4 heteroatoms. The van der Waals surface area contributed by atoms with E-state index in [0.29, 0.717) is 0 Å². The summed E-state index contributed by atoms with van der Waals surface area (Å²) < 4.78 is 2.17. The Bertz CT molecular complexity index is 455. The van der Waals surface area contributed by atoms with Crippen LogP contribution in [0, 0.1) is 0 Å². The largest absolute Gasteiger partial charge is 0.328 e. The molecule has 0 fully saturated rings. The van der Waals surface area contributed by atoms with E-state index in [2.05, 4.69) is 40.9 Å². The maximum absolute atomic E-state index is 6.36. The van der Waals surface area contributed by atoms with Crippen LogP contribution in [0.1, 0.15) is 26.7 Å². The molecule has 0 bridgehead atoms. The fourth-order valence-corrected chi connectivity index (χ4v) is 2.64. The van der Waals surface area contributed by atoms with Gasteiger partial charge in [-0.3, -0.25) is 0 Å². The maximum atomic E-state index is 6.36. The van der Waals surface area contributed by atoms with E-state index in [1.165, 1.54) is 4.88 Å². The summed E-state index contributed by atoms with van der Waals surface area (Å²) in [6.45, 7) is 5.11. The summed E-state index contributed by atoms with van der Waals surface area (Å²) in [6, 6.07) is 4.18. The lowest BCUT2D eigenvalue weighted by molar-refractivity contribution is 0.341. The molecule has 17 heavy (non-hydrogen) atoms. The van der Waals surface area contributed by atoms with E-state index in [0.717, 1.165) is 25.1 Å². The average molecular weight is 249 g/mol. The number of rotatable bonds is 5. The standard InChI is InChI=1S/C13H19N3S/c1-3-13(14,4-2)9-16-10-15-8-11(16)12-6-5-7-17-12/h5-8,10H,3-4,9,14H2,1-2H3. The molecule has 0 radical (unpaired) electrons. The Morgan fingerprint density at radius 3 is 2.76 bits per heavy atom. The fourth-order valence-electron chi connectivity index (χ4n) is 1.89. The second-order valence-corrected chi connectivity index (χ2v) is 5.40. The molecule has 2 N–H and O–H groups in total. The predicted octanol–water partition coefficient (Wildman–Crippen LogP) is 3.13. The first-order valence-electron chi connectivity index (χ1n) is 6.01. The average Bonchev–Trinajstić information content (AvgIpc) is 2.98. The summed E-state index contributed by atoms with van der Waals surface area (Å²) in [5.41, 5.74) is 7.40. The number of hydrogen-bond donors (Lipinski definition) is 1. The summed E-state index contributed by atoms with van der Waals surface area (Å²) in [6.07, 6.45) is 5.75. The summed E-state index contributed by atoms with van der Waals surface area (Å²) in [7, 11) is 0. The van der Waals surface area contributed by atoms with Gasteiger partial charge in [-0.15, -0.1) is 11.3 Å². The van der Waals surface area contributed by atoms with Gasteiger partial charge in [0.1, 0.15) is 0 Å². The third-order valence-electron chi connectivity index (χ3n) is 3.38. The van der Waals surface area contributed by atoms with Crippen LogP contribution in [0.3, 0.4) is 0 Å². The van der Waals surface area contributed by atoms with E-state index in [1.807, 2.05) is 12.5 Å². The Hall–Kier alpha value is -1.13. The summed E-state index contributed by atoms with van der Waals surface area (Å²) >= 11 is 1.73. The molecule has 3 nitrogen and oxygen atoms in total. The van der Waals surface area contributed by atoms with Gasteiger partial charge in [0.25, 0.3) is 0 Å². The fraction of sp³-hybridized carbons (Fsp3) is 0.462. The van der Waals surface area contributed by atoms with Crippen LogP contribution in [0.2, 0.25) is 0 Å². The second kappa shape index (κ2) is 5.02. The molecule has 0 aliphatic rings. The molecular formula is C13H19N3S. The zero-order valence-corrected chi connectivity index (χ0v) is 11.2. The highest BCUT2D eigenvalue weighted by Gasteiger charge is 2.22. The van der Waals surface area contributed by atoms with Crippen LogP contribution in [0.5, 0.6) is 0 Å². The zero-order valence-electron chi connectivity index (χ0n) is 10.4. The first-order chi connectivity index (χ1) is 8.18. The van der Waals surface area contributed by atoms with E-state index in [1.54, 1.807) is 11.3 Å². The third kappa shape index (κ3) is 2.58. The molecule has 0 aromatic carbocycles. The Morgan fingerprint density at radius 2 is 2.18 bits per heavy atom. The summed E-state index contributed by atoms with van der Waals surface area (Å²) in [5.74, 6) is 0. The SMILES string of the molecule is CCC(N)(CC)Cn1cncc1-c1cccs1. The van der Waals surface area contributed by atoms with E-state index >= 15 is 0 Å². The van der Waals surface area contributed by atoms with Crippen LogP contribution in [0.4, 0.5) is 0 Å². The lowest BCUT2D eigenvalue weighted by Crippen LogP contribution is -2.42. The van der Waals surface area contributed by atoms with E-state index in [-0.39, 0.29) is 5.54 Å². The number of imidazole rings is 1. The molecule has 0 saturated carbocycles. The van der Waals surface area contributed by atoms with Crippen LogP contribution in [0.15, 0.2) is 30.0 Å². The van der Waals surface area contributed by atoms with E-state index in [9.17, 15) is 0 Å². The van der Waals surface area contributed by atoms with Crippen LogP contribution in [0.25, 0.3) is 10.6 Å². The van der Waals surface area contributed by atoms with Gasteiger partial charge in [-0.1, -0.05) is 19.9 Å². The van der Waals surface area contributed by atoms with Crippen molar-refractivity contribution in [2.75, 3.05) is 0 Å². The van der Waals surface area contributed by atoms with Gasteiger partial charge >= 0.3 is 0 Å². The van der Waals surface area contributed by atoms with Crippen LogP contribution in [-0.2, 0) is 6.54 Å². The first-order valence-corrected chi connectivity index (χ1v) is 6.89. The quantitative estimate of drug-likeness (QED) is 0.884. The van der Waals surface area contributed by atoms with E-state index in [4.69, 9.17) is 5.73 Å². The Kier molecular flexibility index (Phi) is 3.64. The van der Waals surface area contributed by atoms with E-state index < -0.39 is 0 Å². The summed E-state index contributed by atoms with van der Waals surface area (Å²) in [4.78, 5) is 5.49. The molecule has 0 amide bonds. The normalized spacial score (nSPS) is 11.9. The smallest absolute Gasteiger partial charge is 0.0951 e. The number of nitrogens with zero attached hydrogens (tertiary/aromatic N) is 2. The lowest BCUT2D eigenvalue weighted by atomic mass is 9.94. The minimum Gasteiger partial charge on any atom is -0.328 e. The Morgan fingerprint density at radius 1 is 1.41 bits per heavy atom. The molecule has 0 spiro atoms. The summed E-state index contributed by atoms with van der Waals surface area (Å²) in [5, 5.41) is 2.09. The van der Waals surface area contributed by atoms with Gasteiger partial charge in [0.15, 0.2) is 0 Å². The van der Waals surface area contributed by atoms with Gasteiger partial charge in [-0.2, -0.15) is 0 Å². The molecule has 2 aromatic heterocycles. The van der Waals surface area contributed by atoms with Gasteiger partial charge in [0.2, 0.25) is 0 Å². The molecule has 0 aliphatic heterocycles. The molecule has 2 rings (SSSR count). The predicted molar refractivity (Wildman–Crippen MR) is 73.0 cm³/mol. The molecule has 0 unspecified atom stereocenters. The molecule has 2 aromatic rings.